The molecule has 0 fully saturated rings. The maximum atomic E-state index is 13.1. The van der Waals surface area contributed by atoms with E-state index in [-0.39, 0.29) is 10.6 Å². The van der Waals surface area contributed by atoms with Crippen LogP contribution in [-0.4, -0.2) is 33.7 Å². The van der Waals surface area contributed by atoms with E-state index < -0.39 is 21.7 Å². The van der Waals surface area contributed by atoms with Crippen LogP contribution in [0.3, 0.4) is 0 Å². The van der Waals surface area contributed by atoms with Crippen LogP contribution in [0.15, 0.2) is 82.3 Å². The first kappa shape index (κ1) is 23.6. The number of nitrogens with zero attached hydrogens (tertiary/aromatic N) is 1. The summed E-state index contributed by atoms with van der Waals surface area (Å²) in [5.74, 6) is 0.390. The molecule has 0 saturated heterocycles. The summed E-state index contributed by atoms with van der Waals surface area (Å²) in [6.45, 7) is 0. The molecule has 0 aliphatic heterocycles. The summed E-state index contributed by atoms with van der Waals surface area (Å²) in [6.07, 6.45) is -2.84. The molecule has 2 N–H and O–H groups in total. The highest BCUT2D eigenvalue weighted by Crippen LogP contribution is 2.33. The fourth-order valence-electron chi connectivity index (χ4n) is 2.75. The number of rotatable bonds is 6. The van der Waals surface area contributed by atoms with Crippen LogP contribution in [0.5, 0.6) is 5.75 Å². The molecule has 1 heterocycles. The predicted molar refractivity (Wildman–Crippen MR) is 120 cm³/mol. The predicted octanol–water partition coefficient (Wildman–Crippen LogP) is 5.35. The summed E-state index contributed by atoms with van der Waals surface area (Å²) in [5.41, 5.74) is 4.93. The van der Waals surface area contributed by atoms with Crippen LogP contribution in [0.1, 0.15) is 4.88 Å². The van der Waals surface area contributed by atoms with Gasteiger partial charge in [0.1, 0.15) is 17.1 Å². The van der Waals surface area contributed by atoms with Gasteiger partial charge in [-0.25, -0.2) is 13.4 Å². The summed E-state index contributed by atoms with van der Waals surface area (Å²) in [4.78, 5) is 5.60. The second-order valence-electron chi connectivity index (χ2n) is 6.73. The van der Waals surface area contributed by atoms with Gasteiger partial charge < -0.3 is 10.5 Å². The molecule has 32 heavy (non-hydrogen) atoms. The molecular formula is C22H19F3N2O3S2. The van der Waals surface area contributed by atoms with Gasteiger partial charge in [-0.15, -0.1) is 11.3 Å². The number of ether oxygens (including phenoxy) is 1. The lowest BCUT2D eigenvalue weighted by Gasteiger charge is -2.09. The topological polar surface area (TPSA) is 81.8 Å². The molecule has 0 unspecified atom stereocenters. The molecule has 0 atom stereocenters. The van der Waals surface area contributed by atoms with E-state index in [0.29, 0.717) is 26.8 Å². The molecule has 168 valence electrons. The van der Waals surface area contributed by atoms with Gasteiger partial charge in [0.05, 0.1) is 22.6 Å². The molecule has 0 radical (unpaired) electrons. The van der Waals surface area contributed by atoms with Gasteiger partial charge in [0, 0.05) is 11.1 Å². The number of hydrogen-bond donors (Lipinski definition) is 1. The Morgan fingerprint density at radius 2 is 1.81 bits per heavy atom. The summed E-state index contributed by atoms with van der Waals surface area (Å²) in [7, 11) is -1.97. The lowest BCUT2D eigenvalue weighted by Crippen LogP contribution is -2.20. The molecule has 0 bridgehead atoms. The number of para-hydroxylation sites is 2. The van der Waals surface area contributed by atoms with E-state index in [9.17, 15) is 21.6 Å². The molecule has 0 amide bonds. The number of allylic oxidation sites excluding steroid dienone is 2. The number of thiophene rings is 1. The van der Waals surface area contributed by atoms with E-state index in [1.807, 2.05) is 0 Å². The van der Waals surface area contributed by atoms with E-state index in [0.717, 1.165) is 23.7 Å². The van der Waals surface area contributed by atoms with E-state index in [2.05, 4.69) is 4.99 Å². The van der Waals surface area contributed by atoms with Crippen LogP contribution in [0, 0.1) is 0 Å². The summed E-state index contributed by atoms with van der Waals surface area (Å²) in [5, 5.41) is 0. The average Bonchev–Trinajstić information content (AvgIpc) is 3.22. The van der Waals surface area contributed by atoms with Gasteiger partial charge in [0.15, 0.2) is 9.84 Å². The monoisotopic (exact) mass is 480 g/mol. The fourth-order valence-corrected chi connectivity index (χ4v) is 4.38. The Morgan fingerprint density at radius 1 is 1.09 bits per heavy atom. The molecule has 2 aromatic carbocycles. The van der Waals surface area contributed by atoms with Crippen molar-refractivity contribution in [2.75, 3.05) is 13.4 Å². The van der Waals surface area contributed by atoms with E-state index >= 15 is 0 Å². The van der Waals surface area contributed by atoms with Crippen LogP contribution in [0.25, 0.3) is 10.4 Å². The highest BCUT2D eigenvalue weighted by molar-refractivity contribution is 7.90. The van der Waals surface area contributed by atoms with Crippen molar-refractivity contribution in [3.63, 3.8) is 0 Å². The Bertz CT molecular complexity index is 1290. The number of sulfone groups is 1. The molecule has 3 aromatic rings. The number of aliphatic imine (C=N–C) groups is 1. The lowest BCUT2D eigenvalue weighted by atomic mass is 10.2. The molecule has 3 rings (SSSR count). The third kappa shape index (κ3) is 5.57. The zero-order valence-electron chi connectivity index (χ0n) is 17.1. The highest BCUT2D eigenvalue weighted by Gasteiger charge is 2.32. The second-order valence-corrected chi connectivity index (χ2v) is 9.83. The van der Waals surface area contributed by atoms with Crippen LogP contribution in [0.2, 0.25) is 0 Å². The Kier molecular flexibility index (Phi) is 6.75. The quantitative estimate of drug-likeness (QED) is 0.482. The maximum Gasteiger partial charge on any atom is 0.430 e. The Morgan fingerprint density at radius 3 is 2.47 bits per heavy atom. The first-order valence-corrected chi connectivity index (χ1v) is 11.9. The van der Waals surface area contributed by atoms with Crippen LogP contribution < -0.4 is 10.5 Å². The molecule has 10 heteroatoms. The van der Waals surface area contributed by atoms with Crippen molar-refractivity contribution in [2.24, 2.45) is 10.7 Å². The number of methoxy groups -OCH3 is 1. The van der Waals surface area contributed by atoms with E-state index in [1.165, 1.54) is 19.2 Å². The number of hydrogen-bond acceptors (Lipinski definition) is 6. The Labute approximate surface area is 187 Å². The lowest BCUT2D eigenvalue weighted by molar-refractivity contribution is -0.0925. The summed E-state index contributed by atoms with van der Waals surface area (Å²) in [6, 6.07) is 16.3. The molecule has 0 saturated carbocycles. The van der Waals surface area contributed by atoms with Gasteiger partial charge >= 0.3 is 6.18 Å². The number of benzene rings is 2. The largest absolute Gasteiger partial charge is 0.494 e. The third-order valence-corrected chi connectivity index (χ3v) is 6.62. The number of halogens is 3. The van der Waals surface area contributed by atoms with Gasteiger partial charge in [-0.05, 0) is 48.0 Å². The van der Waals surface area contributed by atoms with E-state index in [4.69, 9.17) is 10.5 Å². The van der Waals surface area contributed by atoms with Gasteiger partial charge in [-0.3, -0.25) is 0 Å². The van der Waals surface area contributed by atoms with Gasteiger partial charge in [-0.1, -0.05) is 24.3 Å². The smallest absolute Gasteiger partial charge is 0.430 e. The molecule has 5 nitrogen and oxygen atoms in total. The highest BCUT2D eigenvalue weighted by atomic mass is 32.2. The van der Waals surface area contributed by atoms with Gasteiger partial charge in [0.2, 0.25) is 0 Å². The van der Waals surface area contributed by atoms with Crippen molar-refractivity contribution in [1.82, 2.24) is 0 Å². The van der Waals surface area contributed by atoms with Crippen LogP contribution in [-0.2, 0) is 9.84 Å². The molecular weight excluding hydrogens is 461 g/mol. The fraction of sp³-hybridized carbons (Fsp3) is 0.136. The summed E-state index contributed by atoms with van der Waals surface area (Å²) < 4.78 is 68.3. The van der Waals surface area contributed by atoms with E-state index in [1.54, 1.807) is 48.5 Å². The number of nitrogens with two attached hydrogens (primary N) is 1. The van der Waals surface area contributed by atoms with Crippen molar-refractivity contribution >= 4 is 32.6 Å². The summed E-state index contributed by atoms with van der Waals surface area (Å²) >= 11 is 1.16. The third-order valence-electron chi connectivity index (χ3n) is 4.35. The Hall–Kier alpha value is -3.11. The minimum absolute atomic E-state index is 0.000146. The first-order chi connectivity index (χ1) is 15.0. The maximum absolute atomic E-state index is 13.1. The first-order valence-electron chi connectivity index (χ1n) is 9.16. The molecule has 0 spiro atoms. The second kappa shape index (κ2) is 9.17. The molecule has 0 aliphatic carbocycles. The minimum atomic E-state index is -4.72. The standard InChI is InChI=1S/C22H19F3N2O3S2/c1-30-18-9-4-3-8-16(18)27-17(13-21(26)22(23,24)25)20-11-10-19(31-20)14-6-5-7-15(12-14)32(2,28)29/h3-13H,26H2,1-2H3. The minimum Gasteiger partial charge on any atom is -0.494 e. The van der Waals surface area contributed by atoms with Gasteiger partial charge in [0.25, 0.3) is 0 Å². The molecule has 1 aromatic heterocycles. The van der Waals surface area contributed by atoms with Crippen molar-refractivity contribution in [1.29, 1.82) is 0 Å². The zero-order valence-corrected chi connectivity index (χ0v) is 18.7. The van der Waals surface area contributed by atoms with Gasteiger partial charge in [-0.2, -0.15) is 13.2 Å². The average molecular weight is 481 g/mol. The van der Waals surface area contributed by atoms with Crippen molar-refractivity contribution in [2.45, 2.75) is 11.1 Å². The van der Waals surface area contributed by atoms with Crippen molar-refractivity contribution in [3.8, 4) is 16.2 Å². The zero-order chi connectivity index (χ0) is 23.5. The Balaban J connectivity index is 2.12. The van der Waals surface area contributed by atoms with Crippen molar-refractivity contribution < 1.29 is 26.3 Å². The number of alkyl halides is 3. The molecule has 0 aliphatic rings. The SMILES string of the molecule is COc1ccccc1N=C(C=C(N)C(F)(F)F)c1ccc(-c2cccc(S(C)(=O)=O)c2)s1. The van der Waals surface area contributed by atoms with Crippen LogP contribution in [0.4, 0.5) is 18.9 Å². The van der Waals surface area contributed by atoms with Crippen LogP contribution >= 0.6 is 11.3 Å². The van der Waals surface area contributed by atoms with Crippen molar-refractivity contribution in [3.05, 3.63) is 77.3 Å². The normalized spacial score (nSPS) is 13.3.